The molecule has 0 saturated carbocycles. The first-order valence-electron chi connectivity index (χ1n) is 6.72. The third kappa shape index (κ3) is 3.23. The molecule has 0 radical (unpaired) electrons. The second-order valence-corrected chi connectivity index (χ2v) is 5.21. The van der Waals surface area contributed by atoms with E-state index < -0.39 is 0 Å². The largest absolute Gasteiger partial charge is 0.255 e. The van der Waals surface area contributed by atoms with Gasteiger partial charge in [-0.2, -0.15) is 0 Å². The molecule has 0 saturated heterocycles. The molecule has 2 aromatic carbocycles. The van der Waals surface area contributed by atoms with E-state index in [0.29, 0.717) is 0 Å². The summed E-state index contributed by atoms with van der Waals surface area (Å²) in [5.74, 6) is 0.855. The number of halogens is 1. The van der Waals surface area contributed by atoms with Crippen molar-refractivity contribution in [2.75, 3.05) is 0 Å². The Bertz CT molecular complexity index is 758. The van der Waals surface area contributed by atoms with Gasteiger partial charge in [-0.15, -0.1) is 0 Å². The predicted molar refractivity (Wildman–Crippen MR) is 85.7 cm³/mol. The van der Waals surface area contributed by atoms with Gasteiger partial charge in [0.25, 0.3) is 5.69 Å². The minimum atomic E-state index is 0.743. The van der Waals surface area contributed by atoms with Crippen molar-refractivity contribution in [1.29, 1.82) is 0 Å². The van der Waals surface area contributed by atoms with Gasteiger partial charge in [-0.1, -0.05) is 54.1 Å². The highest BCUT2D eigenvalue weighted by molar-refractivity contribution is 6.30. The lowest BCUT2D eigenvalue weighted by Crippen LogP contribution is -2.27. The van der Waals surface area contributed by atoms with Gasteiger partial charge in [-0.3, -0.25) is 0 Å². The smallest absolute Gasteiger partial charge is 0.236 e. The van der Waals surface area contributed by atoms with E-state index in [-0.39, 0.29) is 0 Å². The van der Waals surface area contributed by atoms with Gasteiger partial charge >= 0.3 is 0 Å². The third-order valence-electron chi connectivity index (χ3n) is 3.25. The summed E-state index contributed by atoms with van der Waals surface area (Å²) in [6.45, 7) is 0. The molecule has 0 aliphatic heterocycles. The number of hydrogen-bond donors (Lipinski definition) is 0. The van der Waals surface area contributed by atoms with Crippen LogP contribution in [-0.4, -0.2) is 0 Å². The second kappa shape index (κ2) is 5.98. The molecule has 0 atom stereocenters. The zero-order valence-corrected chi connectivity index (χ0v) is 12.4. The molecular formula is C18H15ClNO+. The highest BCUT2D eigenvalue weighted by Crippen LogP contribution is 2.20. The van der Waals surface area contributed by atoms with Crippen molar-refractivity contribution in [3.05, 3.63) is 76.9 Å². The summed E-state index contributed by atoms with van der Waals surface area (Å²) in [5.41, 5.74) is 3.17. The average molecular weight is 297 g/mol. The van der Waals surface area contributed by atoms with E-state index in [4.69, 9.17) is 16.1 Å². The molecule has 1 aromatic heterocycles. The van der Waals surface area contributed by atoms with Crippen LogP contribution in [0.1, 0.15) is 11.3 Å². The van der Waals surface area contributed by atoms with E-state index in [1.54, 1.807) is 4.74 Å². The van der Waals surface area contributed by atoms with Crippen molar-refractivity contribution >= 4 is 23.8 Å². The lowest BCUT2D eigenvalue weighted by atomic mass is 10.1. The molecule has 3 aromatic rings. The Labute approximate surface area is 128 Å². The number of nitrogens with zero attached hydrogens (tertiary/aromatic N) is 1. The van der Waals surface area contributed by atoms with E-state index in [2.05, 4.69) is 0 Å². The molecule has 2 nitrogen and oxygen atoms in total. The van der Waals surface area contributed by atoms with Gasteiger partial charge in [0, 0.05) is 16.7 Å². The summed E-state index contributed by atoms with van der Waals surface area (Å²) in [7, 11) is 1.90. The van der Waals surface area contributed by atoms with Crippen LogP contribution in [-0.2, 0) is 7.05 Å². The van der Waals surface area contributed by atoms with Gasteiger partial charge in [0.2, 0.25) is 5.76 Å². The first-order valence-corrected chi connectivity index (χ1v) is 7.09. The fourth-order valence-corrected chi connectivity index (χ4v) is 2.22. The highest BCUT2D eigenvalue weighted by atomic mass is 35.5. The monoisotopic (exact) mass is 296 g/mol. The maximum absolute atomic E-state index is 5.88. The molecule has 0 aliphatic carbocycles. The third-order valence-corrected chi connectivity index (χ3v) is 3.50. The molecule has 0 bridgehead atoms. The van der Waals surface area contributed by atoms with Gasteiger partial charge in [-0.05, 0) is 28.5 Å². The first-order chi connectivity index (χ1) is 10.2. The number of aryl methyl sites for hydroxylation is 1. The lowest BCUT2D eigenvalue weighted by molar-refractivity contribution is -0.844. The van der Waals surface area contributed by atoms with E-state index >= 15 is 0 Å². The molecule has 3 rings (SSSR count). The van der Waals surface area contributed by atoms with E-state index in [0.717, 1.165) is 27.6 Å². The summed E-state index contributed by atoms with van der Waals surface area (Å²) in [5, 5.41) is 0.743. The van der Waals surface area contributed by atoms with Gasteiger partial charge in [0.05, 0.1) is 6.07 Å². The lowest BCUT2D eigenvalue weighted by Gasteiger charge is -1.91. The Hall–Kier alpha value is -2.32. The van der Waals surface area contributed by atoms with Crippen LogP contribution < -0.4 is 4.74 Å². The Morgan fingerprint density at radius 1 is 0.952 bits per heavy atom. The fraction of sp³-hybridized carbons (Fsp3) is 0.0556. The van der Waals surface area contributed by atoms with Gasteiger partial charge in [0.1, 0.15) is 0 Å². The molecule has 104 valence electrons. The van der Waals surface area contributed by atoms with Crippen LogP contribution >= 0.6 is 11.6 Å². The summed E-state index contributed by atoms with van der Waals surface area (Å²) < 4.78 is 7.51. The first kappa shape index (κ1) is 13.7. The Morgan fingerprint density at radius 3 is 2.38 bits per heavy atom. The van der Waals surface area contributed by atoms with Crippen LogP contribution in [0, 0.1) is 0 Å². The van der Waals surface area contributed by atoms with Crippen LogP contribution in [0.15, 0.2) is 65.2 Å². The van der Waals surface area contributed by atoms with Gasteiger partial charge in [-0.25, -0.2) is 4.52 Å². The van der Waals surface area contributed by atoms with E-state index in [1.165, 1.54) is 0 Å². The van der Waals surface area contributed by atoms with Crippen LogP contribution in [0.4, 0.5) is 0 Å². The Kier molecular flexibility index (Phi) is 3.89. The molecule has 21 heavy (non-hydrogen) atoms. The van der Waals surface area contributed by atoms with Crippen LogP contribution in [0.2, 0.25) is 5.02 Å². The normalized spacial score (nSPS) is 11.1. The molecule has 0 N–H and O–H groups in total. The molecule has 0 spiro atoms. The van der Waals surface area contributed by atoms with Crippen molar-refractivity contribution in [2.24, 2.45) is 7.05 Å². The molecule has 1 heterocycles. The number of benzene rings is 2. The topological polar surface area (TPSA) is 17.0 Å². The zero-order chi connectivity index (χ0) is 14.7. The Balaban J connectivity index is 1.86. The molecule has 0 unspecified atom stereocenters. The minimum Gasteiger partial charge on any atom is -0.236 e. The SMILES string of the molecule is C[n+]1oc(-c2ccccc2)cc1/C=C/c1ccc(Cl)cc1. The number of rotatable bonds is 3. The van der Waals surface area contributed by atoms with Crippen molar-refractivity contribution < 1.29 is 9.26 Å². The molecule has 3 heteroatoms. The summed E-state index contributed by atoms with van der Waals surface area (Å²) >= 11 is 5.88. The van der Waals surface area contributed by atoms with Crippen molar-refractivity contribution in [1.82, 2.24) is 0 Å². The Morgan fingerprint density at radius 2 is 1.67 bits per heavy atom. The van der Waals surface area contributed by atoms with E-state index in [1.807, 2.05) is 79.9 Å². The molecule has 0 amide bonds. The summed E-state index contributed by atoms with van der Waals surface area (Å²) in [4.78, 5) is 0. The summed E-state index contributed by atoms with van der Waals surface area (Å²) in [6, 6.07) is 19.8. The predicted octanol–water partition coefficient (Wildman–Crippen LogP) is 4.59. The average Bonchev–Trinajstić information content (AvgIpc) is 2.89. The van der Waals surface area contributed by atoms with Crippen molar-refractivity contribution in [2.45, 2.75) is 0 Å². The maximum atomic E-state index is 5.88. The van der Waals surface area contributed by atoms with Crippen LogP contribution in [0.25, 0.3) is 23.5 Å². The maximum Gasteiger partial charge on any atom is 0.255 e. The van der Waals surface area contributed by atoms with E-state index in [9.17, 15) is 0 Å². The molecule has 0 fully saturated rings. The van der Waals surface area contributed by atoms with Crippen molar-refractivity contribution in [3.8, 4) is 11.3 Å². The number of aromatic nitrogens is 1. The van der Waals surface area contributed by atoms with Gasteiger partial charge in [0.15, 0.2) is 7.05 Å². The summed E-state index contributed by atoms with van der Waals surface area (Å²) in [6.07, 6.45) is 4.06. The van der Waals surface area contributed by atoms with Crippen LogP contribution in [0.3, 0.4) is 0 Å². The van der Waals surface area contributed by atoms with Gasteiger partial charge < -0.3 is 0 Å². The molecule has 0 aliphatic rings. The molecular weight excluding hydrogens is 282 g/mol. The second-order valence-electron chi connectivity index (χ2n) is 4.77. The zero-order valence-electron chi connectivity index (χ0n) is 11.7. The highest BCUT2D eigenvalue weighted by Gasteiger charge is 2.14. The minimum absolute atomic E-state index is 0.743. The number of hydrogen-bond acceptors (Lipinski definition) is 1. The van der Waals surface area contributed by atoms with Crippen molar-refractivity contribution in [3.63, 3.8) is 0 Å². The standard InChI is InChI=1S/C18H15ClNO/c1-20-17(12-9-14-7-10-16(19)11-8-14)13-18(21-20)15-5-3-2-4-6-15/h2-13H,1H3/q+1/b12-9+. The van der Waals surface area contributed by atoms with Crippen LogP contribution in [0.5, 0.6) is 0 Å². The fourth-order valence-electron chi connectivity index (χ4n) is 2.10. The quantitative estimate of drug-likeness (QED) is 0.646.